The summed E-state index contributed by atoms with van der Waals surface area (Å²) in [7, 11) is 5.50. The van der Waals surface area contributed by atoms with Gasteiger partial charge in [-0.15, -0.1) is 0 Å². The fourth-order valence-electron chi connectivity index (χ4n) is 9.17. The maximum Gasteiger partial charge on any atom is 0.306 e. The Kier molecular flexibility index (Phi) is 9.12. The zero-order valence-electron chi connectivity index (χ0n) is 26.9. The average molecular weight is 591 g/mol. The minimum absolute atomic E-state index is 0.0378. The number of carbonyl (C=O) groups is 2. The van der Waals surface area contributed by atoms with Crippen molar-refractivity contribution in [3.05, 3.63) is 59.7 Å². The predicted octanol–water partition coefficient (Wildman–Crippen LogP) is 6.32. The van der Waals surface area contributed by atoms with E-state index in [0.29, 0.717) is 16.7 Å². The summed E-state index contributed by atoms with van der Waals surface area (Å²) < 4.78 is 17.6. The third-order valence-electron chi connectivity index (χ3n) is 9.85. The Bertz CT molecular complexity index is 1290. The number of esters is 1. The lowest BCUT2D eigenvalue weighted by molar-refractivity contribution is -0.159. The van der Waals surface area contributed by atoms with Crippen LogP contribution < -0.4 is 14.8 Å². The molecule has 0 unspecified atom stereocenters. The molecule has 2 aromatic rings. The van der Waals surface area contributed by atoms with Crippen molar-refractivity contribution >= 4 is 11.9 Å². The monoisotopic (exact) mass is 590 g/mol. The number of aryl methyl sites for hydroxylation is 2. The number of para-hydroxylation sites is 1. The molecule has 0 aromatic heterocycles. The van der Waals surface area contributed by atoms with Crippen LogP contribution in [0.25, 0.3) is 0 Å². The molecule has 4 aliphatic carbocycles. The van der Waals surface area contributed by atoms with Crippen LogP contribution in [0.1, 0.15) is 83.3 Å². The number of hydrogen-bond acceptors (Lipinski definition) is 6. The molecule has 0 spiro atoms. The Labute approximate surface area is 257 Å². The van der Waals surface area contributed by atoms with Crippen LogP contribution in [0.3, 0.4) is 0 Å². The average Bonchev–Trinajstić information content (AvgIpc) is 2.91. The van der Waals surface area contributed by atoms with Crippen LogP contribution >= 0.6 is 0 Å². The molecule has 0 aliphatic heterocycles. The van der Waals surface area contributed by atoms with Crippen molar-refractivity contribution in [1.82, 2.24) is 10.2 Å². The molecule has 0 saturated heterocycles. The van der Waals surface area contributed by atoms with E-state index in [9.17, 15) is 9.59 Å². The van der Waals surface area contributed by atoms with Gasteiger partial charge in [0.25, 0.3) is 0 Å². The normalized spacial score (nSPS) is 28.8. The van der Waals surface area contributed by atoms with Gasteiger partial charge in [-0.2, -0.15) is 0 Å². The number of amides is 1. The number of carbonyl (C=O) groups excluding carboxylic acids is 2. The van der Waals surface area contributed by atoms with Crippen LogP contribution in [-0.4, -0.2) is 55.9 Å². The van der Waals surface area contributed by atoms with Crippen LogP contribution in [0, 0.1) is 16.7 Å². The van der Waals surface area contributed by atoms with Crippen LogP contribution in [-0.2, 0) is 27.2 Å². The Morgan fingerprint density at radius 1 is 0.953 bits per heavy atom. The van der Waals surface area contributed by atoms with Gasteiger partial charge < -0.3 is 19.5 Å². The Hall–Kier alpha value is -3.06. The van der Waals surface area contributed by atoms with E-state index in [2.05, 4.69) is 37.4 Å². The molecule has 2 aromatic carbocycles. The Balaban J connectivity index is 1.13. The predicted molar refractivity (Wildman–Crippen MR) is 168 cm³/mol. The second-order valence-corrected chi connectivity index (χ2v) is 14.6. The highest BCUT2D eigenvalue weighted by molar-refractivity contribution is 5.82. The van der Waals surface area contributed by atoms with Gasteiger partial charge in [0.2, 0.25) is 5.91 Å². The van der Waals surface area contributed by atoms with Gasteiger partial charge in [-0.3, -0.25) is 14.5 Å². The van der Waals surface area contributed by atoms with Crippen molar-refractivity contribution in [2.75, 3.05) is 21.2 Å². The maximum absolute atomic E-state index is 13.1. The number of hydrogen-bond donors (Lipinski definition) is 1. The molecule has 4 bridgehead atoms. The fraction of sp³-hybridized carbons (Fsp3) is 0.611. The first-order chi connectivity index (χ1) is 20.4. The van der Waals surface area contributed by atoms with Crippen molar-refractivity contribution < 1.29 is 23.8 Å². The summed E-state index contributed by atoms with van der Waals surface area (Å²) in [5.41, 5.74) is 2.81. The smallest absolute Gasteiger partial charge is 0.306 e. The van der Waals surface area contributed by atoms with Gasteiger partial charge >= 0.3 is 5.97 Å². The zero-order valence-corrected chi connectivity index (χ0v) is 26.9. The standard InChI is InChI=1S/C36H50N2O5/c1-25(33(38(4)5)43-30-13-8-7-11-28(30)15-14-26-10-9-12-29(18-26)41-6)42-32(40)17-16-31(39)37-36-21-27-19-34(2,23-36)22-35(3,20-27)24-36/h7-13,18,25,27,33H,14-17,19-24H2,1-6H3,(H,37,39)/t25-,27?,33-,34-,35-,36?/m1/s1. The highest BCUT2D eigenvalue weighted by atomic mass is 16.6. The molecule has 6 rings (SSSR count). The Morgan fingerprint density at radius 3 is 2.35 bits per heavy atom. The molecule has 1 N–H and O–H groups in total. The summed E-state index contributed by atoms with van der Waals surface area (Å²) in [5.74, 6) is 1.90. The van der Waals surface area contributed by atoms with E-state index in [1.807, 2.05) is 56.3 Å². The first kappa shape index (κ1) is 31.4. The summed E-state index contributed by atoms with van der Waals surface area (Å²) in [5, 5.41) is 3.41. The molecule has 43 heavy (non-hydrogen) atoms. The van der Waals surface area contributed by atoms with E-state index < -0.39 is 12.3 Å². The molecule has 0 radical (unpaired) electrons. The summed E-state index contributed by atoms with van der Waals surface area (Å²) >= 11 is 0. The number of ether oxygens (including phenoxy) is 3. The van der Waals surface area contributed by atoms with E-state index in [-0.39, 0.29) is 30.3 Å². The molecule has 4 fully saturated rings. The highest BCUT2D eigenvalue weighted by Gasteiger charge is 2.60. The van der Waals surface area contributed by atoms with Crippen molar-refractivity contribution in [3.63, 3.8) is 0 Å². The van der Waals surface area contributed by atoms with Crippen molar-refractivity contribution in [2.45, 2.75) is 103 Å². The second-order valence-electron chi connectivity index (χ2n) is 14.6. The Morgan fingerprint density at radius 2 is 1.67 bits per heavy atom. The topological polar surface area (TPSA) is 77.1 Å². The van der Waals surface area contributed by atoms with Gasteiger partial charge in [0, 0.05) is 12.0 Å². The first-order valence-electron chi connectivity index (χ1n) is 15.9. The molecule has 234 valence electrons. The van der Waals surface area contributed by atoms with Crippen LogP contribution in [0.15, 0.2) is 48.5 Å². The summed E-state index contributed by atoms with van der Waals surface area (Å²) in [4.78, 5) is 27.9. The number of methoxy groups -OCH3 is 1. The van der Waals surface area contributed by atoms with E-state index >= 15 is 0 Å². The fourth-order valence-corrected chi connectivity index (χ4v) is 9.17. The van der Waals surface area contributed by atoms with Crippen molar-refractivity contribution in [2.24, 2.45) is 16.7 Å². The van der Waals surface area contributed by atoms with Crippen molar-refractivity contribution in [3.8, 4) is 11.5 Å². The van der Waals surface area contributed by atoms with Crippen molar-refractivity contribution in [1.29, 1.82) is 0 Å². The number of nitrogens with one attached hydrogen (secondary N) is 1. The van der Waals surface area contributed by atoms with Gasteiger partial charge in [0.15, 0.2) is 6.23 Å². The lowest BCUT2D eigenvalue weighted by Crippen LogP contribution is -2.65. The van der Waals surface area contributed by atoms with Gasteiger partial charge in [-0.05, 0) is 118 Å². The van der Waals surface area contributed by atoms with E-state index in [0.717, 1.165) is 49.2 Å². The van der Waals surface area contributed by atoms with Crippen LogP contribution in [0.5, 0.6) is 11.5 Å². The summed E-state index contributed by atoms with van der Waals surface area (Å²) in [6.45, 7) is 6.65. The lowest BCUT2D eigenvalue weighted by Gasteiger charge is -2.65. The third kappa shape index (κ3) is 7.54. The molecular formula is C36H50N2O5. The number of likely N-dealkylation sites (N-methyl/N-ethyl adjacent to an activating group) is 1. The second kappa shape index (κ2) is 12.5. The molecule has 4 aliphatic rings. The number of benzene rings is 2. The summed E-state index contributed by atoms with van der Waals surface area (Å²) in [6.07, 6.45) is 7.86. The molecule has 4 atom stereocenters. The van der Waals surface area contributed by atoms with E-state index in [1.54, 1.807) is 7.11 Å². The third-order valence-corrected chi connectivity index (χ3v) is 9.85. The molecule has 0 heterocycles. The molecular weight excluding hydrogens is 540 g/mol. The van der Waals surface area contributed by atoms with E-state index in [1.165, 1.54) is 24.8 Å². The van der Waals surface area contributed by atoms with E-state index in [4.69, 9.17) is 14.2 Å². The maximum atomic E-state index is 13.1. The molecule has 4 saturated carbocycles. The van der Waals surface area contributed by atoms with Crippen LogP contribution in [0.2, 0.25) is 0 Å². The molecule has 7 heteroatoms. The summed E-state index contributed by atoms with van der Waals surface area (Å²) in [6, 6.07) is 16.1. The van der Waals surface area contributed by atoms with Gasteiger partial charge in [0.1, 0.15) is 17.6 Å². The first-order valence-corrected chi connectivity index (χ1v) is 15.9. The molecule has 1 amide bonds. The quantitative estimate of drug-likeness (QED) is 0.217. The van der Waals surface area contributed by atoms with Crippen LogP contribution in [0.4, 0.5) is 0 Å². The largest absolute Gasteiger partial charge is 0.497 e. The minimum Gasteiger partial charge on any atom is -0.497 e. The SMILES string of the molecule is COc1cccc(CCc2ccccc2O[C@H]([C@@H](C)OC(=O)CCC(=O)NC23CC4C[C@@](C)(C2)C[C@@](C)(C4)C3)N(C)C)c1. The lowest BCUT2D eigenvalue weighted by atomic mass is 9.43. The number of nitrogens with zero attached hydrogens (tertiary/aromatic N) is 1. The number of rotatable bonds is 13. The molecule has 7 nitrogen and oxygen atoms in total. The minimum atomic E-state index is -0.528. The zero-order chi connectivity index (χ0) is 30.8. The van der Waals surface area contributed by atoms with Gasteiger partial charge in [0.05, 0.1) is 13.5 Å². The highest BCUT2D eigenvalue weighted by Crippen LogP contribution is 2.66. The van der Waals surface area contributed by atoms with Gasteiger partial charge in [-0.25, -0.2) is 0 Å². The van der Waals surface area contributed by atoms with Gasteiger partial charge in [-0.1, -0.05) is 44.2 Å².